The molecule has 126 valence electrons. The molecule has 2 heterocycles. The van der Waals surface area contributed by atoms with E-state index in [1.165, 1.54) is 12.1 Å². The molecule has 1 aliphatic rings. The summed E-state index contributed by atoms with van der Waals surface area (Å²) < 4.78 is 18.4. The molecule has 0 unspecified atom stereocenters. The molecule has 1 aromatic carbocycles. The molecule has 0 saturated carbocycles. The number of hydrogen-bond donors (Lipinski definition) is 1. The fourth-order valence-corrected chi connectivity index (χ4v) is 3.15. The quantitative estimate of drug-likeness (QED) is 0.937. The number of furan rings is 1. The molecule has 2 aromatic rings. The maximum Gasteiger partial charge on any atom is 0.225 e. The van der Waals surface area contributed by atoms with Gasteiger partial charge in [0.2, 0.25) is 11.8 Å². The van der Waals surface area contributed by atoms with Crippen LogP contribution in [-0.4, -0.2) is 23.8 Å². The van der Waals surface area contributed by atoms with E-state index in [9.17, 15) is 14.0 Å². The van der Waals surface area contributed by atoms with Gasteiger partial charge >= 0.3 is 0 Å². The van der Waals surface area contributed by atoms with Crippen molar-refractivity contribution in [2.45, 2.75) is 25.4 Å². The lowest BCUT2D eigenvalue weighted by molar-refractivity contribution is -0.141. The van der Waals surface area contributed by atoms with E-state index in [0.29, 0.717) is 25.1 Å². The lowest BCUT2D eigenvalue weighted by Gasteiger charge is -2.38. The maximum atomic E-state index is 13.2. The van der Waals surface area contributed by atoms with Crippen molar-refractivity contribution < 1.29 is 18.4 Å². The summed E-state index contributed by atoms with van der Waals surface area (Å²) in [6.07, 6.45) is 2.35. The van der Waals surface area contributed by atoms with Gasteiger partial charge in [0.15, 0.2) is 0 Å². The molecule has 0 aliphatic carbocycles. The molecule has 1 N–H and O–H groups in total. The number of halogens is 1. The molecular formula is C18H19FN2O3. The minimum atomic E-state index is -0.400. The highest BCUT2D eigenvalue weighted by Crippen LogP contribution is 2.36. The van der Waals surface area contributed by atoms with E-state index in [4.69, 9.17) is 4.42 Å². The molecule has 2 amide bonds. The first-order valence-electron chi connectivity index (χ1n) is 7.87. The van der Waals surface area contributed by atoms with Gasteiger partial charge in [0.25, 0.3) is 0 Å². The number of carbonyl (C=O) groups is 2. The van der Waals surface area contributed by atoms with Gasteiger partial charge in [0, 0.05) is 13.5 Å². The highest BCUT2D eigenvalue weighted by molar-refractivity contribution is 5.84. The van der Waals surface area contributed by atoms with E-state index >= 15 is 0 Å². The number of nitrogens with one attached hydrogen (secondary N) is 1. The Kier molecular flexibility index (Phi) is 4.64. The van der Waals surface area contributed by atoms with Crippen LogP contribution in [0.1, 0.15) is 30.2 Å². The Morgan fingerprint density at radius 2 is 2.08 bits per heavy atom. The van der Waals surface area contributed by atoms with Crippen molar-refractivity contribution in [2.24, 2.45) is 5.92 Å². The van der Waals surface area contributed by atoms with Crippen LogP contribution in [0.2, 0.25) is 0 Å². The van der Waals surface area contributed by atoms with Crippen molar-refractivity contribution in [3.05, 3.63) is 59.8 Å². The standard InChI is InChI=1S/C18H19FN2O3/c1-21-16(22)9-8-15(17(21)12-4-6-13(19)7-5-12)18(23)20-11-14-3-2-10-24-14/h2-7,10,15,17H,8-9,11H2,1H3,(H,20,23)/t15-,17-/m0/s1. The van der Waals surface area contributed by atoms with Gasteiger partial charge in [-0.1, -0.05) is 12.1 Å². The molecule has 0 radical (unpaired) electrons. The molecule has 2 atom stereocenters. The van der Waals surface area contributed by atoms with Gasteiger partial charge in [-0.3, -0.25) is 9.59 Å². The number of benzene rings is 1. The number of carbonyl (C=O) groups excluding carboxylic acids is 2. The molecule has 6 heteroatoms. The van der Waals surface area contributed by atoms with Crippen molar-refractivity contribution in [3.63, 3.8) is 0 Å². The van der Waals surface area contributed by atoms with Crippen molar-refractivity contribution >= 4 is 11.8 Å². The van der Waals surface area contributed by atoms with Gasteiger partial charge in [0.05, 0.1) is 24.8 Å². The number of piperidine rings is 1. The van der Waals surface area contributed by atoms with Gasteiger partial charge in [-0.15, -0.1) is 0 Å². The van der Waals surface area contributed by atoms with Crippen LogP contribution in [-0.2, 0) is 16.1 Å². The Hall–Kier alpha value is -2.63. The van der Waals surface area contributed by atoms with Gasteiger partial charge in [-0.2, -0.15) is 0 Å². The van der Waals surface area contributed by atoms with Crippen LogP contribution in [0.3, 0.4) is 0 Å². The summed E-state index contributed by atoms with van der Waals surface area (Å²) in [5.74, 6) is -0.211. The van der Waals surface area contributed by atoms with Crippen molar-refractivity contribution in [3.8, 4) is 0 Å². The Balaban J connectivity index is 1.79. The van der Waals surface area contributed by atoms with E-state index in [2.05, 4.69) is 5.32 Å². The maximum absolute atomic E-state index is 13.2. The third-order valence-corrected chi connectivity index (χ3v) is 4.43. The van der Waals surface area contributed by atoms with E-state index in [1.807, 2.05) is 0 Å². The fraction of sp³-hybridized carbons (Fsp3) is 0.333. The first kappa shape index (κ1) is 16.2. The molecule has 24 heavy (non-hydrogen) atoms. The molecule has 1 fully saturated rings. The molecule has 1 aromatic heterocycles. The van der Waals surface area contributed by atoms with Gasteiger partial charge in [0.1, 0.15) is 11.6 Å². The lowest BCUT2D eigenvalue weighted by Crippen LogP contribution is -2.46. The normalized spacial score (nSPS) is 20.9. The molecular weight excluding hydrogens is 311 g/mol. The minimum absolute atomic E-state index is 0.0144. The monoisotopic (exact) mass is 330 g/mol. The van der Waals surface area contributed by atoms with Crippen LogP contribution < -0.4 is 5.32 Å². The number of nitrogens with zero attached hydrogens (tertiary/aromatic N) is 1. The smallest absolute Gasteiger partial charge is 0.225 e. The second-order valence-electron chi connectivity index (χ2n) is 5.94. The minimum Gasteiger partial charge on any atom is -0.467 e. The highest BCUT2D eigenvalue weighted by Gasteiger charge is 2.38. The van der Waals surface area contributed by atoms with Crippen LogP contribution in [0.5, 0.6) is 0 Å². The average molecular weight is 330 g/mol. The molecule has 3 rings (SSSR count). The summed E-state index contributed by atoms with van der Waals surface area (Å²) in [7, 11) is 1.68. The van der Waals surface area contributed by atoms with Crippen LogP contribution in [0.25, 0.3) is 0 Å². The SMILES string of the molecule is CN1C(=O)CC[C@H](C(=O)NCc2ccco2)[C@@H]1c1ccc(F)cc1. The molecule has 0 bridgehead atoms. The van der Waals surface area contributed by atoms with E-state index in [1.54, 1.807) is 42.5 Å². The van der Waals surface area contributed by atoms with Crippen LogP contribution in [0, 0.1) is 11.7 Å². The Labute approximate surface area is 139 Å². The zero-order valence-electron chi connectivity index (χ0n) is 13.4. The van der Waals surface area contributed by atoms with Crippen molar-refractivity contribution in [2.75, 3.05) is 7.05 Å². The second-order valence-corrected chi connectivity index (χ2v) is 5.94. The van der Waals surface area contributed by atoms with Crippen LogP contribution >= 0.6 is 0 Å². The van der Waals surface area contributed by atoms with Crippen molar-refractivity contribution in [1.29, 1.82) is 0 Å². The van der Waals surface area contributed by atoms with E-state index in [0.717, 1.165) is 5.56 Å². The predicted molar refractivity (Wildman–Crippen MR) is 85.2 cm³/mol. The largest absolute Gasteiger partial charge is 0.467 e. The molecule has 1 aliphatic heterocycles. The molecule has 5 nitrogen and oxygen atoms in total. The summed E-state index contributed by atoms with van der Waals surface area (Å²) in [5.41, 5.74) is 0.755. The van der Waals surface area contributed by atoms with Crippen LogP contribution in [0.4, 0.5) is 4.39 Å². The highest BCUT2D eigenvalue weighted by atomic mass is 19.1. The summed E-state index contributed by atoms with van der Waals surface area (Å²) >= 11 is 0. The summed E-state index contributed by atoms with van der Waals surface area (Å²) in [6.45, 7) is 0.302. The average Bonchev–Trinajstić information content (AvgIpc) is 3.09. The number of hydrogen-bond acceptors (Lipinski definition) is 3. The summed E-state index contributed by atoms with van der Waals surface area (Å²) in [6, 6.07) is 9.09. The third kappa shape index (κ3) is 3.32. The predicted octanol–water partition coefficient (Wildman–Crippen LogP) is 2.64. The fourth-order valence-electron chi connectivity index (χ4n) is 3.15. The Morgan fingerprint density at radius 3 is 2.75 bits per heavy atom. The van der Waals surface area contributed by atoms with Gasteiger partial charge < -0.3 is 14.6 Å². The zero-order chi connectivity index (χ0) is 17.1. The Bertz CT molecular complexity index is 712. The van der Waals surface area contributed by atoms with E-state index < -0.39 is 6.04 Å². The molecule has 0 spiro atoms. The summed E-state index contributed by atoms with van der Waals surface area (Å²) in [5, 5.41) is 2.86. The molecule has 1 saturated heterocycles. The number of amides is 2. The van der Waals surface area contributed by atoms with E-state index in [-0.39, 0.29) is 23.5 Å². The van der Waals surface area contributed by atoms with Gasteiger partial charge in [-0.25, -0.2) is 4.39 Å². The first-order chi connectivity index (χ1) is 11.6. The van der Waals surface area contributed by atoms with Crippen molar-refractivity contribution in [1.82, 2.24) is 10.2 Å². The topological polar surface area (TPSA) is 62.6 Å². The third-order valence-electron chi connectivity index (χ3n) is 4.43. The van der Waals surface area contributed by atoms with Gasteiger partial charge in [-0.05, 0) is 36.2 Å². The lowest BCUT2D eigenvalue weighted by atomic mass is 9.84. The van der Waals surface area contributed by atoms with Crippen LogP contribution in [0.15, 0.2) is 47.1 Å². The number of likely N-dealkylation sites (tertiary alicyclic amines) is 1. The Morgan fingerprint density at radius 1 is 1.33 bits per heavy atom. The zero-order valence-corrected chi connectivity index (χ0v) is 13.4. The number of rotatable bonds is 4. The summed E-state index contributed by atoms with van der Waals surface area (Å²) in [4.78, 5) is 26.3. The first-order valence-corrected chi connectivity index (χ1v) is 7.87. The second kappa shape index (κ2) is 6.86.